The van der Waals surface area contributed by atoms with Gasteiger partial charge >= 0.3 is 0 Å². The van der Waals surface area contributed by atoms with Crippen molar-refractivity contribution in [2.75, 3.05) is 7.11 Å². The fourth-order valence-corrected chi connectivity index (χ4v) is 2.08. The summed E-state index contributed by atoms with van der Waals surface area (Å²) in [5.74, 6) is 1.59. The van der Waals surface area contributed by atoms with Crippen molar-refractivity contribution in [3.63, 3.8) is 0 Å². The van der Waals surface area contributed by atoms with Gasteiger partial charge in [0, 0.05) is 0 Å². The molecule has 0 aliphatic heterocycles. The Balaban J connectivity index is 2.59. The van der Waals surface area contributed by atoms with E-state index >= 15 is 0 Å². The molecule has 0 saturated heterocycles. The van der Waals surface area contributed by atoms with E-state index in [1.54, 1.807) is 7.11 Å². The fraction of sp³-hybridized carbons (Fsp3) is 0.500. The van der Waals surface area contributed by atoms with Crippen molar-refractivity contribution in [3.05, 3.63) is 41.5 Å². The molecule has 0 radical (unpaired) electrons. The Kier molecular flexibility index (Phi) is 5.27. The van der Waals surface area contributed by atoms with Crippen LogP contribution in [-0.4, -0.2) is 7.11 Å². The van der Waals surface area contributed by atoms with Gasteiger partial charge < -0.3 is 4.74 Å². The molecule has 1 unspecified atom stereocenters. The maximum absolute atomic E-state index is 5.28. The molecule has 17 heavy (non-hydrogen) atoms. The zero-order valence-electron chi connectivity index (χ0n) is 11.5. The molecule has 0 aromatic heterocycles. The first-order valence-corrected chi connectivity index (χ1v) is 6.33. The summed E-state index contributed by atoms with van der Waals surface area (Å²) >= 11 is 0. The van der Waals surface area contributed by atoms with Gasteiger partial charge in [-0.25, -0.2) is 0 Å². The summed E-state index contributed by atoms with van der Waals surface area (Å²) in [5, 5.41) is 0. The second-order valence-electron chi connectivity index (χ2n) is 4.98. The summed E-state index contributed by atoms with van der Waals surface area (Å²) in [4.78, 5) is 0. The molecular weight excluding hydrogens is 208 g/mol. The monoisotopic (exact) mass is 232 g/mol. The summed E-state index contributed by atoms with van der Waals surface area (Å²) in [6.45, 7) is 10.4. The summed E-state index contributed by atoms with van der Waals surface area (Å²) in [5.41, 5.74) is 3.91. The molecule has 0 fully saturated rings. The molecule has 0 saturated carbocycles. The summed E-state index contributed by atoms with van der Waals surface area (Å²) in [7, 11) is 1.72. The third-order valence-corrected chi connectivity index (χ3v) is 3.23. The van der Waals surface area contributed by atoms with Gasteiger partial charge in [-0.3, -0.25) is 0 Å². The van der Waals surface area contributed by atoms with E-state index in [9.17, 15) is 0 Å². The van der Waals surface area contributed by atoms with Crippen molar-refractivity contribution in [2.45, 2.75) is 46.0 Å². The van der Waals surface area contributed by atoms with Gasteiger partial charge in [0.05, 0.1) is 7.11 Å². The van der Waals surface area contributed by atoms with Crippen molar-refractivity contribution >= 4 is 0 Å². The molecule has 0 aliphatic carbocycles. The minimum Gasteiger partial charge on any atom is -0.496 e. The highest BCUT2D eigenvalue weighted by Crippen LogP contribution is 2.26. The van der Waals surface area contributed by atoms with Gasteiger partial charge in [0.15, 0.2) is 0 Å². The molecular formula is C16H24O. The van der Waals surface area contributed by atoms with Crippen LogP contribution in [-0.2, 0) is 0 Å². The largest absolute Gasteiger partial charge is 0.496 e. The molecule has 94 valence electrons. The summed E-state index contributed by atoms with van der Waals surface area (Å²) < 4.78 is 5.28. The normalized spacial score (nSPS) is 12.2. The Bertz CT molecular complexity index is 379. The van der Waals surface area contributed by atoms with Crippen molar-refractivity contribution in [2.24, 2.45) is 0 Å². The van der Waals surface area contributed by atoms with Gasteiger partial charge in [0.2, 0.25) is 0 Å². The molecule has 0 N–H and O–H groups in total. The predicted molar refractivity (Wildman–Crippen MR) is 74.8 cm³/mol. The molecule has 1 aromatic rings. The molecule has 1 nitrogen and oxygen atoms in total. The highest BCUT2D eigenvalue weighted by atomic mass is 16.5. The molecule has 0 spiro atoms. The first-order chi connectivity index (χ1) is 8.04. The topological polar surface area (TPSA) is 9.23 Å². The van der Waals surface area contributed by atoms with Crippen LogP contribution < -0.4 is 4.74 Å². The molecule has 1 heteroatoms. The lowest BCUT2D eigenvalue weighted by atomic mass is 9.93. The van der Waals surface area contributed by atoms with Gasteiger partial charge in [0.25, 0.3) is 0 Å². The van der Waals surface area contributed by atoms with Crippen molar-refractivity contribution < 1.29 is 4.74 Å². The van der Waals surface area contributed by atoms with E-state index in [1.807, 2.05) is 0 Å². The average molecular weight is 232 g/mol. The fourth-order valence-electron chi connectivity index (χ4n) is 2.08. The van der Waals surface area contributed by atoms with Gasteiger partial charge in [-0.1, -0.05) is 24.6 Å². The molecule has 0 aliphatic rings. The molecule has 1 atom stereocenters. The molecule has 1 aromatic carbocycles. The van der Waals surface area contributed by atoms with Crippen molar-refractivity contribution in [1.29, 1.82) is 0 Å². The maximum atomic E-state index is 5.28. The molecule has 0 bridgehead atoms. The number of benzene rings is 1. The Morgan fingerprint density at radius 3 is 2.65 bits per heavy atom. The maximum Gasteiger partial charge on any atom is 0.121 e. The highest BCUT2D eigenvalue weighted by Gasteiger charge is 2.07. The van der Waals surface area contributed by atoms with Gasteiger partial charge in [-0.15, -0.1) is 6.58 Å². The van der Waals surface area contributed by atoms with Crippen LogP contribution in [0, 0.1) is 6.92 Å². The number of rotatable bonds is 6. The quantitative estimate of drug-likeness (QED) is 0.637. The second-order valence-corrected chi connectivity index (χ2v) is 4.98. The minimum absolute atomic E-state index is 0.610. The van der Waals surface area contributed by atoms with E-state index in [4.69, 9.17) is 4.74 Å². The van der Waals surface area contributed by atoms with E-state index in [0.29, 0.717) is 5.92 Å². The van der Waals surface area contributed by atoms with E-state index in [-0.39, 0.29) is 0 Å². The number of aryl methyl sites for hydroxylation is 1. The summed E-state index contributed by atoms with van der Waals surface area (Å²) in [6, 6.07) is 6.49. The van der Waals surface area contributed by atoms with Gasteiger partial charge in [0.1, 0.15) is 5.75 Å². The zero-order valence-corrected chi connectivity index (χ0v) is 11.5. The lowest BCUT2D eigenvalue weighted by Gasteiger charge is -2.14. The SMILES string of the molecule is C=C(C)CCCC(C)c1ccc(OC)c(C)c1. The molecule has 0 heterocycles. The van der Waals surface area contributed by atoms with E-state index in [1.165, 1.54) is 29.5 Å². The Hall–Kier alpha value is -1.24. The third-order valence-electron chi connectivity index (χ3n) is 3.23. The summed E-state index contributed by atoms with van der Waals surface area (Å²) in [6.07, 6.45) is 3.58. The lowest BCUT2D eigenvalue weighted by Crippen LogP contribution is -1.96. The average Bonchev–Trinajstić information content (AvgIpc) is 2.28. The van der Waals surface area contributed by atoms with Crippen LogP contribution in [0.15, 0.2) is 30.4 Å². The van der Waals surface area contributed by atoms with E-state index < -0.39 is 0 Å². The number of hydrogen-bond acceptors (Lipinski definition) is 1. The number of allylic oxidation sites excluding steroid dienone is 1. The predicted octanol–water partition coefficient (Wildman–Crippen LogP) is 4.85. The smallest absolute Gasteiger partial charge is 0.121 e. The van der Waals surface area contributed by atoms with Crippen LogP contribution in [0.1, 0.15) is 50.2 Å². The number of hydrogen-bond donors (Lipinski definition) is 0. The van der Waals surface area contributed by atoms with Crippen LogP contribution in [0.3, 0.4) is 0 Å². The first kappa shape index (κ1) is 13.8. The van der Waals surface area contributed by atoms with Crippen molar-refractivity contribution in [3.8, 4) is 5.75 Å². The van der Waals surface area contributed by atoms with Crippen LogP contribution in [0.2, 0.25) is 0 Å². The molecule has 0 amide bonds. The van der Waals surface area contributed by atoms with Crippen LogP contribution in [0.5, 0.6) is 5.75 Å². The Morgan fingerprint density at radius 2 is 2.12 bits per heavy atom. The van der Waals surface area contributed by atoms with Crippen molar-refractivity contribution in [1.82, 2.24) is 0 Å². The minimum atomic E-state index is 0.610. The van der Waals surface area contributed by atoms with Crippen LogP contribution >= 0.6 is 0 Å². The Labute approximate surface area is 106 Å². The number of methoxy groups -OCH3 is 1. The lowest BCUT2D eigenvalue weighted by molar-refractivity contribution is 0.411. The van der Waals surface area contributed by atoms with Gasteiger partial charge in [-0.05, 0) is 56.2 Å². The molecule has 1 rings (SSSR count). The standard InChI is InChI=1S/C16H24O/c1-12(2)7-6-8-13(3)15-9-10-16(17-5)14(4)11-15/h9-11,13H,1,6-8H2,2-5H3. The van der Waals surface area contributed by atoms with E-state index in [2.05, 4.69) is 45.5 Å². The van der Waals surface area contributed by atoms with Crippen LogP contribution in [0.25, 0.3) is 0 Å². The first-order valence-electron chi connectivity index (χ1n) is 6.33. The Morgan fingerprint density at radius 1 is 1.41 bits per heavy atom. The zero-order chi connectivity index (χ0) is 12.8. The highest BCUT2D eigenvalue weighted by molar-refractivity contribution is 5.37. The van der Waals surface area contributed by atoms with Crippen LogP contribution in [0.4, 0.5) is 0 Å². The number of ether oxygens (including phenoxy) is 1. The van der Waals surface area contributed by atoms with Gasteiger partial charge in [-0.2, -0.15) is 0 Å². The van der Waals surface area contributed by atoms with E-state index in [0.717, 1.165) is 12.2 Å². The second kappa shape index (κ2) is 6.48. The third kappa shape index (κ3) is 4.26.